The number of piperazine rings is 1. The highest BCUT2D eigenvalue weighted by Crippen LogP contribution is 2.19. The summed E-state index contributed by atoms with van der Waals surface area (Å²) in [6.07, 6.45) is 0. The average molecular weight is 437 g/mol. The second-order valence-electron chi connectivity index (χ2n) is 7.93. The summed E-state index contributed by atoms with van der Waals surface area (Å²) in [6.45, 7) is 5.96. The molecule has 3 aromatic rings. The smallest absolute Gasteiger partial charge is 0.238 e. The summed E-state index contributed by atoms with van der Waals surface area (Å²) in [5.74, 6) is 1.57. The van der Waals surface area contributed by atoms with Gasteiger partial charge >= 0.3 is 0 Å². The lowest BCUT2D eigenvalue weighted by atomic mass is 10.2. The number of methoxy groups -OCH3 is 1. The van der Waals surface area contributed by atoms with E-state index in [1.807, 2.05) is 18.2 Å². The van der Waals surface area contributed by atoms with Gasteiger partial charge in [-0.3, -0.25) is 19.4 Å². The lowest BCUT2D eigenvalue weighted by Gasteiger charge is -2.33. The van der Waals surface area contributed by atoms with Crippen LogP contribution >= 0.6 is 0 Å². The van der Waals surface area contributed by atoms with Crippen molar-refractivity contribution >= 4 is 34.2 Å². The monoisotopic (exact) mass is 436 g/mol. The molecule has 0 bridgehead atoms. The van der Waals surface area contributed by atoms with E-state index in [0.717, 1.165) is 55.3 Å². The van der Waals surface area contributed by atoms with E-state index in [1.54, 1.807) is 31.4 Å². The molecule has 2 amide bonds. The minimum Gasteiger partial charge on any atom is -0.497 e. The molecular formula is C23H28N6O3. The Hall–Kier alpha value is -3.43. The summed E-state index contributed by atoms with van der Waals surface area (Å²) < 4.78 is 5.27. The fourth-order valence-corrected chi connectivity index (χ4v) is 3.80. The molecule has 0 saturated carbocycles. The molecule has 0 atom stereocenters. The number of rotatable bonds is 7. The van der Waals surface area contributed by atoms with E-state index < -0.39 is 0 Å². The second kappa shape index (κ2) is 9.80. The van der Waals surface area contributed by atoms with Crippen LogP contribution in [0.1, 0.15) is 12.7 Å². The number of benzene rings is 2. The number of amides is 2. The van der Waals surface area contributed by atoms with E-state index in [9.17, 15) is 9.59 Å². The first-order valence-corrected chi connectivity index (χ1v) is 10.6. The lowest BCUT2D eigenvalue weighted by molar-refractivity contribution is -0.118. The van der Waals surface area contributed by atoms with Gasteiger partial charge in [0.05, 0.1) is 31.2 Å². The SMILES string of the molecule is COc1ccc2nc(CN3CCN(CC(=O)Nc4ccc(NC(C)=O)cc4)CC3)[nH]c2c1. The Kier molecular flexibility index (Phi) is 6.67. The minimum atomic E-state index is -0.124. The summed E-state index contributed by atoms with van der Waals surface area (Å²) in [5.41, 5.74) is 3.32. The van der Waals surface area contributed by atoms with Crippen LogP contribution in [0.25, 0.3) is 11.0 Å². The number of anilines is 2. The summed E-state index contributed by atoms with van der Waals surface area (Å²) >= 11 is 0. The Morgan fingerprint density at radius 2 is 1.66 bits per heavy atom. The quantitative estimate of drug-likeness (QED) is 0.525. The zero-order valence-corrected chi connectivity index (χ0v) is 18.4. The highest BCUT2D eigenvalue weighted by Gasteiger charge is 2.20. The van der Waals surface area contributed by atoms with Crippen molar-refractivity contribution < 1.29 is 14.3 Å². The Morgan fingerprint density at radius 3 is 2.31 bits per heavy atom. The van der Waals surface area contributed by atoms with E-state index in [4.69, 9.17) is 4.74 Å². The molecule has 0 radical (unpaired) electrons. The molecule has 1 saturated heterocycles. The third-order valence-corrected chi connectivity index (χ3v) is 5.43. The molecule has 1 aliphatic rings. The number of nitrogens with one attached hydrogen (secondary N) is 3. The van der Waals surface area contributed by atoms with Crippen molar-refractivity contribution in [3.8, 4) is 5.75 Å². The molecule has 2 heterocycles. The van der Waals surface area contributed by atoms with Gasteiger partial charge in [0.25, 0.3) is 0 Å². The molecule has 0 spiro atoms. The molecule has 2 aromatic carbocycles. The van der Waals surface area contributed by atoms with Crippen molar-refractivity contribution in [2.45, 2.75) is 13.5 Å². The molecule has 32 heavy (non-hydrogen) atoms. The molecule has 4 rings (SSSR count). The van der Waals surface area contributed by atoms with Crippen LogP contribution in [0.3, 0.4) is 0 Å². The predicted molar refractivity (Wildman–Crippen MR) is 124 cm³/mol. The number of nitrogens with zero attached hydrogens (tertiary/aromatic N) is 3. The molecule has 1 aliphatic heterocycles. The maximum absolute atomic E-state index is 12.4. The van der Waals surface area contributed by atoms with Crippen LogP contribution in [-0.2, 0) is 16.1 Å². The van der Waals surface area contributed by atoms with Gasteiger partial charge in [-0.25, -0.2) is 4.98 Å². The highest BCUT2D eigenvalue weighted by molar-refractivity contribution is 5.93. The van der Waals surface area contributed by atoms with Gasteiger partial charge in [-0.05, 0) is 36.4 Å². The largest absolute Gasteiger partial charge is 0.497 e. The summed E-state index contributed by atoms with van der Waals surface area (Å²) in [7, 11) is 1.65. The Morgan fingerprint density at radius 1 is 1.00 bits per heavy atom. The summed E-state index contributed by atoms with van der Waals surface area (Å²) in [4.78, 5) is 36.0. The number of hydrogen-bond donors (Lipinski definition) is 3. The molecule has 0 aliphatic carbocycles. The Bertz CT molecular complexity index is 1090. The fraction of sp³-hybridized carbons (Fsp3) is 0.348. The molecule has 9 nitrogen and oxygen atoms in total. The number of aromatic amines is 1. The predicted octanol–water partition coefficient (Wildman–Crippen LogP) is 2.29. The van der Waals surface area contributed by atoms with Crippen molar-refractivity contribution in [3.63, 3.8) is 0 Å². The van der Waals surface area contributed by atoms with Crippen LogP contribution in [-0.4, -0.2) is 71.4 Å². The zero-order chi connectivity index (χ0) is 22.5. The molecular weight excluding hydrogens is 408 g/mol. The Balaban J connectivity index is 1.23. The number of H-pyrrole nitrogens is 1. The Labute approximate surface area is 186 Å². The number of ether oxygens (including phenoxy) is 1. The normalized spacial score (nSPS) is 14.9. The van der Waals surface area contributed by atoms with Crippen molar-refractivity contribution in [1.29, 1.82) is 0 Å². The van der Waals surface area contributed by atoms with Gasteiger partial charge in [0, 0.05) is 50.5 Å². The summed E-state index contributed by atoms with van der Waals surface area (Å²) in [5, 5.41) is 5.62. The van der Waals surface area contributed by atoms with Crippen molar-refractivity contribution in [2.24, 2.45) is 0 Å². The zero-order valence-electron chi connectivity index (χ0n) is 18.4. The maximum Gasteiger partial charge on any atom is 0.238 e. The molecule has 1 aromatic heterocycles. The number of carbonyl (C=O) groups is 2. The number of aromatic nitrogens is 2. The third kappa shape index (κ3) is 5.63. The van der Waals surface area contributed by atoms with Gasteiger partial charge in [0.15, 0.2) is 0 Å². The highest BCUT2D eigenvalue weighted by atomic mass is 16.5. The van der Waals surface area contributed by atoms with E-state index in [1.165, 1.54) is 6.92 Å². The molecule has 9 heteroatoms. The number of fused-ring (bicyclic) bond motifs is 1. The van der Waals surface area contributed by atoms with Gasteiger partial charge in [-0.1, -0.05) is 0 Å². The number of carbonyl (C=O) groups excluding carboxylic acids is 2. The van der Waals surface area contributed by atoms with Crippen LogP contribution in [0.4, 0.5) is 11.4 Å². The number of imidazole rings is 1. The van der Waals surface area contributed by atoms with E-state index in [0.29, 0.717) is 17.9 Å². The van der Waals surface area contributed by atoms with E-state index in [-0.39, 0.29) is 11.8 Å². The fourth-order valence-electron chi connectivity index (χ4n) is 3.80. The lowest BCUT2D eigenvalue weighted by Crippen LogP contribution is -2.48. The summed E-state index contributed by atoms with van der Waals surface area (Å²) in [6, 6.07) is 12.9. The van der Waals surface area contributed by atoms with Crippen LogP contribution in [0.5, 0.6) is 5.75 Å². The van der Waals surface area contributed by atoms with Gasteiger partial charge in [0.1, 0.15) is 11.6 Å². The van der Waals surface area contributed by atoms with Crippen LogP contribution in [0.2, 0.25) is 0 Å². The molecule has 168 valence electrons. The van der Waals surface area contributed by atoms with Crippen LogP contribution in [0.15, 0.2) is 42.5 Å². The van der Waals surface area contributed by atoms with Crippen molar-refractivity contribution in [1.82, 2.24) is 19.8 Å². The van der Waals surface area contributed by atoms with Crippen molar-refractivity contribution in [2.75, 3.05) is 50.5 Å². The third-order valence-electron chi connectivity index (χ3n) is 5.43. The van der Waals surface area contributed by atoms with Crippen LogP contribution in [0, 0.1) is 0 Å². The van der Waals surface area contributed by atoms with Gasteiger partial charge in [-0.15, -0.1) is 0 Å². The number of hydrogen-bond acceptors (Lipinski definition) is 6. The van der Waals surface area contributed by atoms with Crippen molar-refractivity contribution in [3.05, 3.63) is 48.3 Å². The second-order valence-corrected chi connectivity index (χ2v) is 7.93. The minimum absolute atomic E-state index is 0.0445. The van der Waals surface area contributed by atoms with Gasteiger partial charge in [-0.2, -0.15) is 0 Å². The standard InChI is InChI=1S/C23H28N6O3/c1-16(30)24-17-3-5-18(6-4-17)25-23(31)15-29-11-9-28(10-12-29)14-22-26-20-8-7-19(32-2)13-21(20)27-22/h3-8,13H,9-12,14-15H2,1-2H3,(H,24,30)(H,25,31)(H,26,27). The van der Waals surface area contributed by atoms with Gasteiger partial charge in [0.2, 0.25) is 11.8 Å². The maximum atomic E-state index is 12.4. The molecule has 0 unspecified atom stereocenters. The molecule has 1 fully saturated rings. The first-order chi connectivity index (χ1) is 15.5. The average Bonchev–Trinajstić information content (AvgIpc) is 3.17. The van der Waals surface area contributed by atoms with E-state index in [2.05, 4.69) is 30.4 Å². The topological polar surface area (TPSA) is 103 Å². The van der Waals surface area contributed by atoms with Gasteiger partial charge < -0.3 is 20.4 Å². The van der Waals surface area contributed by atoms with Crippen LogP contribution < -0.4 is 15.4 Å². The first kappa shape index (κ1) is 21.8. The molecule has 3 N–H and O–H groups in total. The first-order valence-electron chi connectivity index (χ1n) is 10.6. The van der Waals surface area contributed by atoms with E-state index >= 15 is 0 Å².